The van der Waals surface area contributed by atoms with E-state index < -0.39 is 18.2 Å². The monoisotopic (exact) mass is 918 g/mol. The number of aliphatic hydroxyl groups excluding tert-OH is 3. The van der Waals surface area contributed by atoms with Gasteiger partial charge in [-0.1, -0.05) is 309 Å². The van der Waals surface area contributed by atoms with Crippen molar-refractivity contribution < 1.29 is 20.1 Å². The molecule has 5 heteroatoms. The first kappa shape index (κ1) is 64.1. The minimum absolute atomic E-state index is 0.0390. The van der Waals surface area contributed by atoms with Crippen LogP contribution in [0.2, 0.25) is 0 Å². The molecule has 0 aromatic heterocycles. The van der Waals surface area contributed by atoms with E-state index in [4.69, 9.17) is 0 Å². The number of carbonyl (C=O) groups is 1. The van der Waals surface area contributed by atoms with Crippen molar-refractivity contribution in [3.63, 3.8) is 0 Å². The molecule has 0 aliphatic carbocycles. The largest absolute Gasteiger partial charge is 0.394 e. The number of amides is 1. The maximum atomic E-state index is 12.6. The molecule has 5 nitrogen and oxygen atoms in total. The molecule has 0 aromatic rings. The number of aliphatic hydroxyl groups is 3. The van der Waals surface area contributed by atoms with Crippen LogP contribution < -0.4 is 5.32 Å². The second kappa shape index (κ2) is 55.7. The summed E-state index contributed by atoms with van der Waals surface area (Å²) >= 11 is 0. The zero-order valence-electron chi connectivity index (χ0n) is 44.4. The smallest absolute Gasteiger partial charge is 0.222 e. The summed E-state index contributed by atoms with van der Waals surface area (Å²) < 4.78 is 0. The lowest BCUT2D eigenvalue weighted by molar-refractivity contribution is -0.125. The van der Waals surface area contributed by atoms with Gasteiger partial charge in [0.1, 0.15) is 0 Å². The zero-order valence-corrected chi connectivity index (χ0v) is 44.4. The molecule has 0 bridgehead atoms. The Labute approximate surface area is 408 Å². The summed E-state index contributed by atoms with van der Waals surface area (Å²) in [4.78, 5) is 12.6. The van der Waals surface area contributed by atoms with Crippen LogP contribution in [0, 0.1) is 0 Å². The normalized spacial score (nSPS) is 13.2. The van der Waals surface area contributed by atoms with Crippen LogP contribution in [-0.2, 0) is 4.79 Å². The number of rotatable bonds is 56. The van der Waals surface area contributed by atoms with Crippen LogP contribution in [0.25, 0.3) is 0 Å². The molecule has 0 aliphatic rings. The molecule has 0 rings (SSSR count). The summed E-state index contributed by atoms with van der Waals surface area (Å²) in [7, 11) is 0. The maximum absolute atomic E-state index is 12.6. The van der Waals surface area contributed by atoms with E-state index in [1.54, 1.807) is 0 Å². The van der Waals surface area contributed by atoms with Gasteiger partial charge in [0, 0.05) is 0 Å². The molecule has 0 aromatic carbocycles. The summed E-state index contributed by atoms with van der Waals surface area (Å²) in [5, 5.41) is 33.7. The predicted octanol–water partition coefficient (Wildman–Crippen LogP) is 18.7. The molecule has 0 saturated heterocycles. The molecule has 3 unspecified atom stereocenters. The Morgan fingerprint density at radius 3 is 0.892 bits per heavy atom. The highest BCUT2D eigenvalue weighted by Gasteiger charge is 2.21. The van der Waals surface area contributed by atoms with Gasteiger partial charge in [-0.15, -0.1) is 0 Å². The van der Waals surface area contributed by atoms with Gasteiger partial charge in [0.05, 0.1) is 31.3 Å². The van der Waals surface area contributed by atoms with Crippen molar-refractivity contribution in [3.05, 3.63) is 12.2 Å². The van der Waals surface area contributed by atoms with Crippen LogP contribution in [0.4, 0.5) is 0 Å². The first-order valence-electron chi connectivity index (χ1n) is 30.0. The molecule has 3 atom stereocenters. The number of hydrogen-bond acceptors (Lipinski definition) is 4. The Hall–Kier alpha value is -0.910. The predicted molar refractivity (Wildman–Crippen MR) is 287 cm³/mol. The lowest BCUT2D eigenvalue weighted by Crippen LogP contribution is -2.46. The van der Waals surface area contributed by atoms with Crippen molar-refractivity contribution in [3.8, 4) is 0 Å². The summed E-state index contributed by atoms with van der Waals surface area (Å²) in [5.41, 5.74) is 0. The Morgan fingerprint density at radius 1 is 0.369 bits per heavy atom. The molecule has 65 heavy (non-hydrogen) atoms. The number of allylic oxidation sites excluding steroid dienone is 2. The molecule has 0 fully saturated rings. The first-order valence-corrected chi connectivity index (χ1v) is 30.0. The Morgan fingerprint density at radius 2 is 0.615 bits per heavy atom. The number of nitrogens with one attached hydrogen (secondary N) is 1. The standard InChI is InChI=1S/C60H119NO4/c1-3-5-7-9-11-13-15-17-19-21-23-25-27-29-31-33-35-37-39-41-43-45-47-49-51-53-57(63)55-60(65)61-58(56-62)59(64)54-52-50-48-46-44-42-40-38-36-34-32-30-28-26-24-22-20-18-16-14-12-10-8-6-4-2/h29,31,57-59,62-64H,3-28,30,32-56H2,1-2H3,(H,61,65)/b31-29-. The van der Waals surface area contributed by atoms with Crippen molar-refractivity contribution in [1.29, 1.82) is 0 Å². The second-order valence-electron chi connectivity index (χ2n) is 21.0. The van der Waals surface area contributed by atoms with Crippen LogP contribution in [0.3, 0.4) is 0 Å². The van der Waals surface area contributed by atoms with Gasteiger partial charge in [0.25, 0.3) is 0 Å². The van der Waals surface area contributed by atoms with Gasteiger partial charge in [-0.05, 0) is 38.5 Å². The quantitative estimate of drug-likeness (QED) is 0.0361. The Balaban J connectivity index is 3.50. The lowest BCUT2D eigenvalue weighted by Gasteiger charge is -2.23. The fourth-order valence-corrected chi connectivity index (χ4v) is 9.76. The summed E-state index contributed by atoms with van der Waals surface area (Å²) in [6.45, 7) is 4.31. The van der Waals surface area contributed by atoms with E-state index in [0.29, 0.717) is 12.8 Å². The second-order valence-corrected chi connectivity index (χ2v) is 21.0. The van der Waals surface area contributed by atoms with Gasteiger partial charge in [-0.2, -0.15) is 0 Å². The first-order chi connectivity index (χ1) is 32.0. The lowest BCUT2D eigenvalue weighted by atomic mass is 10.0. The third-order valence-corrected chi connectivity index (χ3v) is 14.3. The third kappa shape index (κ3) is 52.3. The molecule has 0 heterocycles. The highest BCUT2D eigenvalue weighted by Crippen LogP contribution is 2.18. The van der Waals surface area contributed by atoms with Crippen molar-refractivity contribution >= 4 is 5.91 Å². The third-order valence-electron chi connectivity index (χ3n) is 14.3. The fraction of sp³-hybridized carbons (Fsp3) is 0.950. The molecule has 0 saturated carbocycles. The van der Waals surface area contributed by atoms with Crippen LogP contribution in [0.5, 0.6) is 0 Å². The van der Waals surface area contributed by atoms with Crippen LogP contribution in [0.15, 0.2) is 12.2 Å². The van der Waals surface area contributed by atoms with Gasteiger partial charge < -0.3 is 20.6 Å². The van der Waals surface area contributed by atoms with E-state index in [1.165, 1.54) is 283 Å². The SMILES string of the molecule is CCCCCCCCCCCCCC/C=C\CCCCCCCCCCCC(O)CC(=O)NC(CO)C(O)CCCCCCCCCCCCCCCCCCCCCCCCCCC. The van der Waals surface area contributed by atoms with Crippen LogP contribution in [0.1, 0.15) is 341 Å². The van der Waals surface area contributed by atoms with Gasteiger partial charge in [-0.25, -0.2) is 0 Å². The highest BCUT2D eigenvalue weighted by molar-refractivity contribution is 5.76. The molecular formula is C60H119NO4. The van der Waals surface area contributed by atoms with Crippen molar-refractivity contribution in [2.45, 2.75) is 360 Å². The topological polar surface area (TPSA) is 89.8 Å². The molecule has 0 radical (unpaired) electrons. The zero-order chi connectivity index (χ0) is 47.2. The molecular weight excluding hydrogens is 799 g/mol. The molecule has 0 spiro atoms. The van der Waals surface area contributed by atoms with Crippen LogP contribution >= 0.6 is 0 Å². The van der Waals surface area contributed by atoms with Gasteiger partial charge in [0.15, 0.2) is 0 Å². The molecule has 0 aliphatic heterocycles. The van der Waals surface area contributed by atoms with E-state index in [9.17, 15) is 20.1 Å². The maximum Gasteiger partial charge on any atom is 0.222 e. The van der Waals surface area contributed by atoms with Gasteiger partial charge in [-0.3, -0.25) is 4.79 Å². The van der Waals surface area contributed by atoms with E-state index in [-0.39, 0.29) is 18.9 Å². The Bertz CT molecular complexity index is 925. The summed E-state index contributed by atoms with van der Waals surface area (Å²) in [6.07, 6.45) is 69.5. The van der Waals surface area contributed by atoms with Crippen LogP contribution in [-0.4, -0.2) is 46.1 Å². The average Bonchev–Trinajstić information content (AvgIpc) is 3.30. The van der Waals surface area contributed by atoms with E-state index in [0.717, 1.165) is 25.7 Å². The van der Waals surface area contributed by atoms with Crippen molar-refractivity contribution in [2.24, 2.45) is 0 Å². The van der Waals surface area contributed by atoms with E-state index >= 15 is 0 Å². The fourth-order valence-electron chi connectivity index (χ4n) is 9.76. The number of hydrogen-bond donors (Lipinski definition) is 4. The molecule has 388 valence electrons. The highest BCUT2D eigenvalue weighted by atomic mass is 16.3. The number of carbonyl (C=O) groups excluding carboxylic acids is 1. The van der Waals surface area contributed by atoms with Gasteiger partial charge >= 0.3 is 0 Å². The van der Waals surface area contributed by atoms with E-state index in [2.05, 4.69) is 31.3 Å². The minimum atomic E-state index is -0.749. The van der Waals surface area contributed by atoms with E-state index in [1.807, 2.05) is 0 Å². The average molecular weight is 919 g/mol. The van der Waals surface area contributed by atoms with Crippen molar-refractivity contribution in [2.75, 3.05) is 6.61 Å². The summed E-state index contributed by atoms with van der Waals surface area (Å²) in [5.74, 6) is -0.277. The van der Waals surface area contributed by atoms with Gasteiger partial charge in [0.2, 0.25) is 5.91 Å². The molecule has 1 amide bonds. The number of unbranched alkanes of at least 4 members (excludes halogenated alkanes) is 45. The Kier molecular flexibility index (Phi) is 54.9. The summed E-state index contributed by atoms with van der Waals surface area (Å²) in [6, 6.07) is -0.658. The van der Waals surface area contributed by atoms with Crippen molar-refractivity contribution in [1.82, 2.24) is 5.32 Å². The minimum Gasteiger partial charge on any atom is -0.394 e. The molecule has 4 N–H and O–H groups in total.